The standard InChI is InChI=1S/C40H50N8O8S2/c1-19(2)29(45-39(51)55-7)37(49)47-13-9-11-25(47)35-41-17-23(43-35)27-15-21-31(53-5)34-22(32(54-6)33(21)57-27)16-28(58-34)24-18-42-36(44-24)26-12-10-14-48(26)38(50)30(20(3)4)46-40(52)56-8/h15-20,25-26,29-30H,9-14H2,1-8H3,(H,41,43)(H,42,44)(H,45,51)(H,46,52). The molecule has 0 spiro atoms. The average Bonchev–Trinajstić information content (AvgIpc) is 4.05. The van der Waals surface area contributed by atoms with Crippen molar-refractivity contribution in [2.75, 3.05) is 41.5 Å². The van der Waals surface area contributed by atoms with E-state index in [0.717, 1.165) is 78.5 Å². The first-order chi connectivity index (χ1) is 27.9. The van der Waals surface area contributed by atoms with Crippen LogP contribution in [0.15, 0.2) is 24.5 Å². The summed E-state index contributed by atoms with van der Waals surface area (Å²) in [5.41, 5.74) is 1.61. The highest BCUT2D eigenvalue weighted by molar-refractivity contribution is 7.24. The Bertz CT molecular complexity index is 2120. The first-order valence-electron chi connectivity index (χ1n) is 19.4. The molecular formula is C40H50N8O8S2. The number of nitrogens with one attached hydrogen (secondary N) is 4. The summed E-state index contributed by atoms with van der Waals surface area (Å²) < 4.78 is 23.6. The van der Waals surface area contributed by atoms with E-state index in [1.807, 2.05) is 27.7 Å². The van der Waals surface area contributed by atoms with Crippen LogP contribution < -0.4 is 20.1 Å². The van der Waals surface area contributed by atoms with E-state index in [0.29, 0.717) is 24.7 Å². The summed E-state index contributed by atoms with van der Waals surface area (Å²) in [6, 6.07) is 2.19. The van der Waals surface area contributed by atoms with Crippen molar-refractivity contribution in [2.45, 2.75) is 77.5 Å². The Morgan fingerprint density at radius 1 is 0.690 bits per heavy atom. The normalized spacial score (nSPS) is 18.0. The highest BCUT2D eigenvalue weighted by atomic mass is 32.1. The molecule has 0 saturated carbocycles. The molecule has 4 atom stereocenters. The van der Waals surface area contributed by atoms with Gasteiger partial charge >= 0.3 is 12.2 Å². The number of rotatable bonds is 12. The third-order valence-electron chi connectivity index (χ3n) is 11.0. The Morgan fingerprint density at radius 2 is 1.09 bits per heavy atom. The molecule has 0 radical (unpaired) electrons. The molecule has 2 saturated heterocycles. The number of benzene rings is 1. The number of ether oxygens (including phenoxy) is 4. The summed E-state index contributed by atoms with van der Waals surface area (Å²) in [6.07, 6.45) is 5.43. The number of alkyl carbamates (subject to hydrolysis) is 2. The number of aromatic nitrogens is 4. The van der Waals surface area contributed by atoms with Gasteiger partial charge < -0.3 is 49.3 Å². The molecule has 1 aromatic carbocycles. The molecule has 4 N–H and O–H groups in total. The largest absolute Gasteiger partial charge is 0.495 e. The molecule has 4 amide bonds. The zero-order chi connectivity index (χ0) is 41.4. The van der Waals surface area contributed by atoms with E-state index >= 15 is 0 Å². The molecule has 5 aromatic rings. The molecular weight excluding hydrogens is 785 g/mol. The maximum atomic E-state index is 13.7. The van der Waals surface area contributed by atoms with Crippen LogP contribution in [0.3, 0.4) is 0 Å². The third-order valence-corrected chi connectivity index (χ3v) is 13.3. The second-order valence-electron chi connectivity index (χ2n) is 15.2. The molecule has 18 heteroatoms. The molecule has 2 aliphatic rings. The number of hydrogen-bond donors (Lipinski definition) is 4. The number of imidazole rings is 2. The van der Waals surface area contributed by atoms with E-state index in [9.17, 15) is 19.2 Å². The molecule has 2 aliphatic heterocycles. The Hall–Kier alpha value is -5.36. The molecule has 0 aliphatic carbocycles. The first-order valence-corrected chi connectivity index (χ1v) is 21.0. The van der Waals surface area contributed by atoms with Crippen molar-refractivity contribution in [1.29, 1.82) is 0 Å². The van der Waals surface area contributed by atoms with Crippen LogP contribution in [-0.4, -0.2) is 107 Å². The maximum absolute atomic E-state index is 13.7. The average molecular weight is 835 g/mol. The number of H-pyrrole nitrogens is 2. The zero-order valence-corrected chi connectivity index (χ0v) is 35.5. The number of amides is 4. The van der Waals surface area contributed by atoms with Gasteiger partial charge in [-0.1, -0.05) is 27.7 Å². The summed E-state index contributed by atoms with van der Waals surface area (Å²) in [5.74, 6) is 2.22. The van der Waals surface area contributed by atoms with Crippen LogP contribution in [0.2, 0.25) is 0 Å². The molecule has 6 heterocycles. The van der Waals surface area contributed by atoms with E-state index in [-0.39, 0.29) is 35.7 Å². The number of thiophene rings is 2. The summed E-state index contributed by atoms with van der Waals surface area (Å²) >= 11 is 3.12. The van der Waals surface area contributed by atoms with Crippen molar-refractivity contribution in [3.63, 3.8) is 0 Å². The fourth-order valence-electron chi connectivity index (χ4n) is 8.02. The van der Waals surface area contributed by atoms with Gasteiger partial charge in [0.1, 0.15) is 35.2 Å². The summed E-state index contributed by atoms with van der Waals surface area (Å²) in [4.78, 5) is 73.4. The quantitative estimate of drug-likeness (QED) is 0.102. The van der Waals surface area contributed by atoms with Gasteiger partial charge in [-0.05, 0) is 49.7 Å². The third kappa shape index (κ3) is 7.54. The molecule has 16 nitrogen and oxygen atoms in total. The first kappa shape index (κ1) is 40.8. The van der Waals surface area contributed by atoms with Gasteiger partial charge in [-0.3, -0.25) is 9.59 Å². The van der Waals surface area contributed by atoms with E-state index in [4.69, 9.17) is 28.9 Å². The number of carbonyl (C=O) groups excluding carboxylic acids is 4. The Labute approximate surface area is 344 Å². The predicted molar refractivity (Wildman–Crippen MR) is 221 cm³/mol. The minimum atomic E-state index is -0.719. The zero-order valence-electron chi connectivity index (χ0n) is 33.9. The Kier molecular flexibility index (Phi) is 11.9. The van der Waals surface area contributed by atoms with Crippen molar-refractivity contribution in [3.8, 4) is 32.6 Å². The van der Waals surface area contributed by atoms with E-state index in [1.165, 1.54) is 14.2 Å². The summed E-state index contributed by atoms with van der Waals surface area (Å²) in [7, 11) is 5.89. The smallest absolute Gasteiger partial charge is 0.407 e. The van der Waals surface area contributed by atoms with Gasteiger partial charge in [0.15, 0.2) is 0 Å². The molecule has 2 fully saturated rings. The van der Waals surface area contributed by atoms with Crippen LogP contribution in [-0.2, 0) is 19.1 Å². The summed E-state index contributed by atoms with van der Waals surface area (Å²) in [6.45, 7) is 8.70. The van der Waals surface area contributed by atoms with Crippen molar-refractivity contribution in [2.24, 2.45) is 11.8 Å². The van der Waals surface area contributed by atoms with E-state index in [1.54, 1.807) is 59.1 Å². The van der Waals surface area contributed by atoms with Crippen LogP contribution >= 0.6 is 22.7 Å². The highest BCUT2D eigenvalue weighted by Crippen LogP contribution is 2.52. The molecule has 7 rings (SSSR count). The topological polar surface area (TPSA) is 193 Å². The fraction of sp³-hybridized carbons (Fsp3) is 0.500. The van der Waals surface area contributed by atoms with Crippen molar-refractivity contribution < 1.29 is 38.1 Å². The lowest BCUT2D eigenvalue weighted by Crippen LogP contribution is -2.51. The maximum Gasteiger partial charge on any atom is 0.407 e. The van der Waals surface area contributed by atoms with Crippen LogP contribution in [0.4, 0.5) is 9.59 Å². The lowest BCUT2D eigenvalue weighted by molar-refractivity contribution is -0.136. The number of aromatic amines is 2. The fourth-order valence-corrected chi connectivity index (χ4v) is 10.3. The predicted octanol–water partition coefficient (Wildman–Crippen LogP) is 7.00. The van der Waals surface area contributed by atoms with Crippen LogP contribution in [0.5, 0.6) is 11.5 Å². The lowest BCUT2D eigenvalue weighted by Gasteiger charge is -2.30. The molecule has 0 bridgehead atoms. The lowest BCUT2D eigenvalue weighted by atomic mass is 10.0. The van der Waals surface area contributed by atoms with Gasteiger partial charge in [-0.15, -0.1) is 22.7 Å². The number of nitrogens with zero attached hydrogens (tertiary/aromatic N) is 4. The van der Waals surface area contributed by atoms with E-state index < -0.39 is 24.3 Å². The van der Waals surface area contributed by atoms with Crippen molar-refractivity contribution >= 4 is 66.8 Å². The van der Waals surface area contributed by atoms with Crippen LogP contribution in [0.25, 0.3) is 41.3 Å². The molecule has 58 heavy (non-hydrogen) atoms. The second kappa shape index (κ2) is 16.9. The molecule has 4 aromatic heterocycles. The van der Waals surface area contributed by atoms with Crippen molar-refractivity contribution in [1.82, 2.24) is 40.4 Å². The number of likely N-dealkylation sites (tertiary alicyclic amines) is 2. The van der Waals surface area contributed by atoms with Crippen LogP contribution in [0.1, 0.15) is 77.1 Å². The molecule has 4 unspecified atom stereocenters. The number of hydrogen-bond acceptors (Lipinski definition) is 12. The van der Waals surface area contributed by atoms with Crippen LogP contribution in [0, 0.1) is 11.8 Å². The Balaban J connectivity index is 1.16. The summed E-state index contributed by atoms with van der Waals surface area (Å²) in [5, 5.41) is 7.19. The minimum Gasteiger partial charge on any atom is -0.495 e. The minimum absolute atomic E-state index is 0.131. The SMILES string of the molecule is COC(=O)NC(C(=O)N1CCCC1c1ncc(-c2cc3c(OC)c4sc(-c5cnc(C6CCCN6C(=O)C(NC(=O)OC)C(C)C)[nH]5)cc4c(OC)c3s2)[nH]1)C(C)C. The van der Waals surface area contributed by atoms with Gasteiger partial charge in [0.05, 0.1) is 83.5 Å². The number of carbonyl (C=O) groups is 4. The van der Waals surface area contributed by atoms with Gasteiger partial charge in [0, 0.05) is 23.9 Å². The van der Waals surface area contributed by atoms with Gasteiger partial charge in [-0.2, -0.15) is 0 Å². The number of methoxy groups -OCH3 is 4. The van der Waals surface area contributed by atoms with Gasteiger partial charge in [0.2, 0.25) is 11.8 Å². The monoisotopic (exact) mass is 834 g/mol. The molecule has 310 valence electrons. The van der Waals surface area contributed by atoms with Gasteiger partial charge in [-0.25, -0.2) is 19.6 Å². The number of fused-ring (bicyclic) bond motifs is 2. The Morgan fingerprint density at radius 3 is 1.43 bits per heavy atom. The second-order valence-corrected chi connectivity index (χ2v) is 17.3. The van der Waals surface area contributed by atoms with Crippen molar-refractivity contribution in [3.05, 3.63) is 36.2 Å². The highest BCUT2D eigenvalue weighted by Gasteiger charge is 2.39. The van der Waals surface area contributed by atoms with Gasteiger partial charge in [0.25, 0.3) is 0 Å². The van der Waals surface area contributed by atoms with E-state index in [2.05, 4.69) is 32.7 Å².